The Balaban J connectivity index is 1.44. The van der Waals surface area contributed by atoms with Crippen LogP contribution in [-0.4, -0.2) is 74.4 Å². The fraction of sp³-hybridized carbons (Fsp3) is 0.737. The molecule has 0 saturated carbocycles. The fourth-order valence-corrected chi connectivity index (χ4v) is 3.76. The van der Waals surface area contributed by atoms with E-state index < -0.39 is 0 Å². The largest absolute Gasteiger partial charge is 0.468 e. The van der Waals surface area contributed by atoms with Gasteiger partial charge in [0.15, 0.2) is 0 Å². The molecule has 0 aromatic carbocycles. The van der Waals surface area contributed by atoms with Crippen LogP contribution >= 0.6 is 0 Å². The Morgan fingerprint density at radius 2 is 1.81 bits per heavy atom. The van der Waals surface area contributed by atoms with Gasteiger partial charge in [-0.3, -0.25) is 9.80 Å². The number of furan rings is 1. The minimum atomic E-state index is -0.112. The SMILES string of the molecule is CC(CNC(=O)NCC(c1ccco1)N1CCCCC1)N1CCOCC1. The van der Waals surface area contributed by atoms with Crippen molar-refractivity contribution in [2.45, 2.75) is 38.3 Å². The van der Waals surface area contributed by atoms with Crippen molar-refractivity contribution in [3.8, 4) is 0 Å². The van der Waals surface area contributed by atoms with E-state index in [1.54, 1.807) is 6.26 Å². The molecule has 3 rings (SSSR count). The zero-order chi connectivity index (χ0) is 18.2. The molecule has 2 atom stereocenters. The summed E-state index contributed by atoms with van der Waals surface area (Å²) in [6.07, 6.45) is 5.41. The molecular weight excluding hydrogens is 332 g/mol. The molecule has 1 aromatic heterocycles. The van der Waals surface area contributed by atoms with Crippen molar-refractivity contribution in [1.82, 2.24) is 20.4 Å². The average Bonchev–Trinajstić information content (AvgIpc) is 3.22. The highest BCUT2D eigenvalue weighted by atomic mass is 16.5. The molecule has 0 spiro atoms. The third-order valence-corrected chi connectivity index (χ3v) is 5.39. The van der Waals surface area contributed by atoms with Gasteiger partial charge in [-0.1, -0.05) is 6.42 Å². The summed E-state index contributed by atoms with van der Waals surface area (Å²) in [6.45, 7) is 8.87. The van der Waals surface area contributed by atoms with Gasteiger partial charge < -0.3 is 19.8 Å². The van der Waals surface area contributed by atoms with Gasteiger partial charge >= 0.3 is 6.03 Å². The molecule has 146 valence electrons. The standard InChI is InChI=1S/C19H32N4O3/c1-16(22-9-12-25-13-10-22)14-20-19(24)21-15-17(18-6-5-11-26-18)23-7-3-2-4-8-23/h5-6,11,16-17H,2-4,7-10,12-15H2,1H3,(H2,20,21,24). The molecule has 2 N–H and O–H groups in total. The van der Waals surface area contributed by atoms with E-state index in [1.807, 2.05) is 12.1 Å². The molecule has 0 aliphatic carbocycles. The van der Waals surface area contributed by atoms with Gasteiger partial charge in [0.2, 0.25) is 0 Å². The number of amides is 2. The van der Waals surface area contributed by atoms with Crippen molar-refractivity contribution in [3.05, 3.63) is 24.2 Å². The maximum Gasteiger partial charge on any atom is 0.314 e. The van der Waals surface area contributed by atoms with E-state index in [9.17, 15) is 4.79 Å². The molecule has 26 heavy (non-hydrogen) atoms. The Kier molecular flexibility index (Phi) is 7.34. The maximum absolute atomic E-state index is 12.3. The normalized spacial score (nSPS) is 21.9. The number of piperidine rings is 1. The first-order valence-corrected chi connectivity index (χ1v) is 9.85. The summed E-state index contributed by atoms with van der Waals surface area (Å²) >= 11 is 0. The predicted octanol–water partition coefficient (Wildman–Crippen LogP) is 1.83. The Bertz CT molecular complexity index is 525. The van der Waals surface area contributed by atoms with E-state index in [0.29, 0.717) is 19.1 Å². The molecule has 2 aliphatic heterocycles. The lowest BCUT2D eigenvalue weighted by atomic mass is 10.1. The highest BCUT2D eigenvalue weighted by Gasteiger charge is 2.25. The molecular formula is C19H32N4O3. The third-order valence-electron chi connectivity index (χ3n) is 5.39. The molecule has 0 bridgehead atoms. The summed E-state index contributed by atoms with van der Waals surface area (Å²) in [7, 11) is 0. The number of morpholine rings is 1. The number of nitrogens with one attached hydrogen (secondary N) is 2. The first-order valence-electron chi connectivity index (χ1n) is 9.85. The molecule has 2 amide bonds. The molecule has 2 aliphatic rings. The minimum Gasteiger partial charge on any atom is -0.468 e. The van der Waals surface area contributed by atoms with Gasteiger partial charge in [0.05, 0.1) is 25.5 Å². The monoisotopic (exact) mass is 364 g/mol. The Hall–Kier alpha value is -1.57. The number of urea groups is 1. The van der Waals surface area contributed by atoms with Crippen LogP contribution in [0.2, 0.25) is 0 Å². The van der Waals surface area contributed by atoms with Crippen molar-refractivity contribution in [1.29, 1.82) is 0 Å². The van der Waals surface area contributed by atoms with Gasteiger partial charge in [-0.2, -0.15) is 0 Å². The molecule has 2 saturated heterocycles. The smallest absolute Gasteiger partial charge is 0.314 e. The highest BCUT2D eigenvalue weighted by molar-refractivity contribution is 5.73. The molecule has 0 radical (unpaired) electrons. The van der Waals surface area contributed by atoms with Crippen molar-refractivity contribution in [2.24, 2.45) is 0 Å². The van der Waals surface area contributed by atoms with Crippen LogP contribution in [0.1, 0.15) is 38.0 Å². The molecule has 1 aromatic rings. The van der Waals surface area contributed by atoms with Gasteiger partial charge in [-0.15, -0.1) is 0 Å². The van der Waals surface area contributed by atoms with Crippen LogP contribution < -0.4 is 10.6 Å². The zero-order valence-corrected chi connectivity index (χ0v) is 15.8. The summed E-state index contributed by atoms with van der Waals surface area (Å²) in [6, 6.07) is 4.22. The predicted molar refractivity (Wildman–Crippen MR) is 100 cm³/mol. The van der Waals surface area contributed by atoms with Gasteiger partial charge in [0.25, 0.3) is 0 Å². The van der Waals surface area contributed by atoms with Crippen LogP contribution in [0.15, 0.2) is 22.8 Å². The maximum atomic E-state index is 12.3. The number of ether oxygens (including phenoxy) is 1. The lowest BCUT2D eigenvalue weighted by Gasteiger charge is -2.34. The number of carbonyl (C=O) groups excluding carboxylic acids is 1. The summed E-state index contributed by atoms with van der Waals surface area (Å²) in [5, 5.41) is 6.03. The van der Waals surface area contributed by atoms with Crippen LogP contribution in [-0.2, 0) is 4.74 Å². The lowest BCUT2D eigenvalue weighted by Crippen LogP contribution is -2.49. The fourth-order valence-electron chi connectivity index (χ4n) is 3.76. The van der Waals surface area contributed by atoms with Gasteiger partial charge in [-0.25, -0.2) is 4.79 Å². The highest BCUT2D eigenvalue weighted by Crippen LogP contribution is 2.24. The van der Waals surface area contributed by atoms with Crippen LogP contribution in [0.4, 0.5) is 4.79 Å². The number of nitrogens with zero attached hydrogens (tertiary/aromatic N) is 2. The average molecular weight is 364 g/mol. The number of likely N-dealkylation sites (tertiary alicyclic amines) is 1. The number of carbonyl (C=O) groups is 1. The topological polar surface area (TPSA) is 70.0 Å². The van der Waals surface area contributed by atoms with Crippen LogP contribution in [0.25, 0.3) is 0 Å². The van der Waals surface area contributed by atoms with Crippen LogP contribution in [0, 0.1) is 0 Å². The van der Waals surface area contributed by atoms with E-state index >= 15 is 0 Å². The first-order chi connectivity index (χ1) is 12.7. The second-order valence-electron chi connectivity index (χ2n) is 7.22. The second kappa shape index (κ2) is 9.94. The first kappa shape index (κ1) is 19.2. The molecule has 2 unspecified atom stereocenters. The third kappa shape index (κ3) is 5.46. The van der Waals surface area contributed by atoms with Crippen molar-refractivity contribution >= 4 is 6.03 Å². The molecule has 3 heterocycles. The summed E-state index contributed by atoms with van der Waals surface area (Å²) < 4.78 is 11.0. The Morgan fingerprint density at radius 1 is 1.08 bits per heavy atom. The Morgan fingerprint density at radius 3 is 2.50 bits per heavy atom. The number of hydrogen-bond donors (Lipinski definition) is 2. The Labute approximate surface area is 156 Å². The quantitative estimate of drug-likeness (QED) is 0.772. The zero-order valence-electron chi connectivity index (χ0n) is 15.8. The minimum absolute atomic E-state index is 0.104. The van der Waals surface area contributed by atoms with E-state index in [4.69, 9.17) is 9.15 Å². The van der Waals surface area contributed by atoms with Gasteiger partial charge in [0.1, 0.15) is 5.76 Å². The van der Waals surface area contributed by atoms with E-state index in [1.165, 1.54) is 19.3 Å². The molecule has 2 fully saturated rings. The van der Waals surface area contributed by atoms with Crippen molar-refractivity contribution in [2.75, 3.05) is 52.5 Å². The molecule has 7 heteroatoms. The van der Waals surface area contributed by atoms with Crippen LogP contribution in [0.5, 0.6) is 0 Å². The summed E-state index contributed by atoms with van der Waals surface area (Å²) in [4.78, 5) is 17.0. The number of rotatable bonds is 7. The second-order valence-corrected chi connectivity index (χ2v) is 7.22. The lowest BCUT2D eigenvalue weighted by molar-refractivity contribution is 0.0209. The van der Waals surface area contributed by atoms with E-state index in [-0.39, 0.29) is 12.1 Å². The molecule has 7 nitrogen and oxygen atoms in total. The van der Waals surface area contributed by atoms with Crippen molar-refractivity contribution in [3.63, 3.8) is 0 Å². The van der Waals surface area contributed by atoms with E-state index in [0.717, 1.165) is 45.2 Å². The van der Waals surface area contributed by atoms with Gasteiger partial charge in [0, 0.05) is 32.2 Å². The summed E-state index contributed by atoms with van der Waals surface area (Å²) in [5.74, 6) is 0.925. The van der Waals surface area contributed by atoms with Gasteiger partial charge in [-0.05, 0) is 45.0 Å². The number of hydrogen-bond acceptors (Lipinski definition) is 5. The summed E-state index contributed by atoms with van der Waals surface area (Å²) in [5.41, 5.74) is 0. The van der Waals surface area contributed by atoms with Crippen molar-refractivity contribution < 1.29 is 13.9 Å². The van der Waals surface area contributed by atoms with Crippen LogP contribution in [0.3, 0.4) is 0 Å². The van der Waals surface area contributed by atoms with E-state index in [2.05, 4.69) is 27.4 Å².